The molecule has 0 aliphatic rings. The van der Waals surface area contributed by atoms with Gasteiger partial charge in [-0.2, -0.15) is 13.2 Å². The average Bonchev–Trinajstić information content (AvgIpc) is 2.35. The minimum absolute atomic E-state index is 0.00187. The van der Waals surface area contributed by atoms with Crippen LogP contribution in [0.1, 0.15) is 11.3 Å². The largest absolute Gasteiger partial charge is 0.409 e. The van der Waals surface area contributed by atoms with Gasteiger partial charge in [-0.1, -0.05) is 5.16 Å². The van der Waals surface area contributed by atoms with Crippen LogP contribution in [0.4, 0.5) is 19.0 Å². The number of hydrogen-bond acceptors (Lipinski definition) is 5. The molecule has 20 heavy (non-hydrogen) atoms. The van der Waals surface area contributed by atoms with Crippen LogP contribution >= 0.6 is 0 Å². The van der Waals surface area contributed by atoms with E-state index in [9.17, 15) is 13.2 Å². The second kappa shape index (κ2) is 6.42. The number of halogens is 3. The molecule has 0 aliphatic carbocycles. The highest BCUT2D eigenvalue weighted by Crippen LogP contribution is 2.21. The summed E-state index contributed by atoms with van der Waals surface area (Å²) in [7, 11) is 0. The highest BCUT2D eigenvalue weighted by atomic mass is 19.4. The van der Waals surface area contributed by atoms with Crippen molar-refractivity contribution in [3.05, 3.63) is 23.4 Å². The van der Waals surface area contributed by atoms with Crippen LogP contribution < -0.4 is 10.6 Å². The van der Waals surface area contributed by atoms with E-state index >= 15 is 0 Å². The maximum atomic E-state index is 12.5. The molecule has 0 atom stereocenters. The molecule has 0 saturated heterocycles. The van der Waals surface area contributed by atoms with Gasteiger partial charge in [0.05, 0.1) is 6.61 Å². The van der Waals surface area contributed by atoms with Gasteiger partial charge in [-0.15, -0.1) is 0 Å². The van der Waals surface area contributed by atoms with Gasteiger partial charge in [-0.3, -0.25) is 0 Å². The molecule has 0 spiro atoms. The van der Waals surface area contributed by atoms with Crippen molar-refractivity contribution in [1.29, 1.82) is 0 Å². The van der Waals surface area contributed by atoms with E-state index in [1.807, 2.05) is 0 Å². The molecule has 4 N–H and O–H groups in total. The van der Waals surface area contributed by atoms with Crippen LogP contribution in [0.3, 0.4) is 0 Å². The van der Waals surface area contributed by atoms with Crippen molar-refractivity contribution in [2.24, 2.45) is 10.9 Å². The Labute approximate surface area is 113 Å². The van der Waals surface area contributed by atoms with Gasteiger partial charge in [0.1, 0.15) is 12.4 Å². The first-order valence-corrected chi connectivity index (χ1v) is 5.66. The van der Waals surface area contributed by atoms with E-state index in [2.05, 4.69) is 10.1 Å². The molecule has 0 radical (unpaired) electrons. The Morgan fingerprint density at radius 2 is 2.10 bits per heavy atom. The zero-order valence-electron chi connectivity index (χ0n) is 10.7. The molecule has 1 heterocycles. The Morgan fingerprint density at radius 3 is 2.60 bits per heavy atom. The number of aryl methyl sites for hydroxylation is 1. The Hall–Kier alpha value is -2.03. The number of amidine groups is 1. The minimum atomic E-state index is -4.43. The zero-order chi connectivity index (χ0) is 15.3. The lowest BCUT2D eigenvalue weighted by Gasteiger charge is -2.24. The van der Waals surface area contributed by atoms with Crippen LogP contribution in [0.5, 0.6) is 0 Å². The smallest absolute Gasteiger partial charge is 0.405 e. The number of nitrogens with zero attached hydrogens (tertiary/aromatic N) is 3. The quantitative estimate of drug-likeness (QED) is 0.323. The molecule has 0 aromatic carbocycles. The number of rotatable bonds is 5. The third kappa shape index (κ3) is 4.57. The van der Waals surface area contributed by atoms with Gasteiger partial charge in [-0.05, 0) is 19.1 Å². The van der Waals surface area contributed by atoms with Crippen LogP contribution in [0.2, 0.25) is 0 Å². The van der Waals surface area contributed by atoms with Crippen LogP contribution in [0, 0.1) is 6.92 Å². The summed E-state index contributed by atoms with van der Waals surface area (Å²) in [5.74, 6) is -0.231. The van der Waals surface area contributed by atoms with Gasteiger partial charge in [0, 0.05) is 17.8 Å². The van der Waals surface area contributed by atoms with E-state index in [4.69, 9.17) is 16.0 Å². The van der Waals surface area contributed by atoms with E-state index in [1.165, 1.54) is 12.1 Å². The van der Waals surface area contributed by atoms with Crippen LogP contribution in [0.15, 0.2) is 17.3 Å². The fourth-order valence-corrected chi connectivity index (χ4v) is 1.63. The summed E-state index contributed by atoms with van der Waals surface area (Å²) in [6, 6.07) is 2.74. The predicted molar refractivity (Wildman–Crippen MR) is 66.8 cm³/mol. The van der Waals surface area contributed by atoms with Crippen LogP contribution in [0.25, 0.3) is 0 Å². The lowest BCUT2D eigenvalue weighted by molar-refractivity contribution is -0.120. The molecule has 0 saturated carbocycles. The normalized spacial score (nSPS) is 12.6. The van der Waals surface area contributed by atoms with E-state index < -0.39 is 19.3 Å². The number of alkyl halides is 3. The molecule has 1 rings (SSSR count). The summed E-state index contributed by atoms with van der Waals surface area (Å²) in [6.07, 6.45) is -4.43. The van der Waals surface area contributed by atoms with E-state index in [-0.39, 0.29) is 23.8 Å². The number of aliphatic hydroxyl groups is 1. The van der Waals surface area contributed by atoms with Crippen molar-refractivity contribution >= 4 is 11.7 Å². The van der Waals surface area contributed by atoms with Gasteiger partial charge in [0.15, 0.2) is 5.84 Å². The first-order chi connectivity index (χ1) is 9.26. The fraction of sp³-hybridized carbons (Fsp3) is 0.455. The van der Waals surface area contributed by atoms with Gasteiger partial charge < -0.3 is 20.9 Å². The summed E-state index contributed by atoms with van der Waals surface area (Å²) in [6.45, 7) is -0.363. The summed E-state index contributed by atoms with van der Waals surface area (Å²) < 4.78 is 37.5. The zero-order valence-corrected chi connectivity index (χ0v) is 10.7. The number of aromatic nitrogens is 1. The van der Waals surface area contributed by atoms with Gasteiger partial charge in [0.25, 0.3) is 0 Å². The second-order valence-electron chi connectivity index (χ2n) is 4.10. The molecule has 9 heteroatoms. The van der Waals surface area contributed by atoms with Gasteiger partial charge >= 0.3 is 6.18 Å². The van der Waals surface area contributed by atoms with Crippen LogP contribution in [-0.2, 0) is 0 Å². The molecule has 6 nitrogen and oxygen atoms in total. The maximum absolute atomic E-state index is 12.5. The first-order valence-electron chi connectivity index (χ1n) is 5.66. The maximum Gasteiger partial charge on any atom is 0.405 e. The molecule has 0 aliphatic heterocycles. The molecular formula is C11H15F3N4O2. The summed E-state index contributed by atoms with van der Waals surface area (Å²) >= 11 is 0. The number of oxime groups is 1. The van der Waals surface area contributed by atoms with E-state index in [1.54, 1.807) is 6.92 Å². The molecule has 112 valence electrons. The number of anilines is 1. The predicted octanol–water partition coefficient (Wildman–Crippen LogP) is 0.846. The van der Waals surface area contributed by atoms with E-state index in [0.717, 1.165) is 4.90 Å². The molecule has 0 fully saturated rings. The number of aliphatic hydroxyl groups excluding tert-OH is 1. The Bertz CT molecular complexity index is 491. The Kier molecular flexibility index (Phi) is 5.14. The summed E-state index contributed by atoms with van der Waals surface area (Å²) in [5.41, 5.74) is 6.08. The van der Waals surface area contributed by atoms with Crippen molar-refractivity contribution in [2.45, 2.75) is 13.1 Å². The van der Waals surface area contributed by atoms with Crippen LogP contribution in [-0.4, -0.2) is 47.0 Å². The second-order valence-corrected chi connectivity index (χ2v) is 4.10. The van der Waals surface area contributed by atoms with Gasteiger partial charge in [-0.25, -0.2) is 4.98 Å². The molecule has 0 bridgehead atoms. The standard InChI is InChI=1S/C11H15F3N4O2/c1-7-4-8(10(15)17-20)5-9(16-7)18(2-3-19)6-11(12,13)14/h4-5,19-20H,2-3,6H2,1H3,(H2,15,17). The highest BCUT2D eigenvalue weighted by Gasteiger charge is 2.31. The highest BCUT2D eigenvalue weighted by molar-refractivity contribution is 5.97. The van der Waals surface area contributed by atoms with Crippen molar-refractivity contribution in [1.82, 2.24) is 4.98 Å². The number of nitrogens with two attached hydrogens (primary N) is 1. The lowest BCUT2D eigenvalue weighted by Crippen LogP contribution is -2.37. The molecule has 1 aromatic rings. The number of hydrogen-bond donors (Lipinski definition) is 3. The van der Waals surface area contributed by atoms with Crippen molar-refractivity contribution in [3.63, 3.8) is 0 Å². The Morgan fingerprint density at radius 1 is 1.45 bits per heavy atom. The fourth-order valence-electron chi connectivity index (χ4n) is 1.63. The third-order valence-corrected chi connectivity index (χ3v) is 2.41. The SMILES string of the molecule is Cc1cc(/C(N)=N/O)cc(N(CCO)CC(F)(F)F)n1. The Balaban J connectivity index is 3.16. The first kappa shape index (κ1) is 16.0. The molecule has 0 unspecified atom stereocenters. The summed E-state index contributed by atoms with van der Waals surface area (Å²) in [4.78, 5) is 4.85. The molecule has 1 aromatic heterocycles. The molecular weight excluding hydrogens is 277 g/mol. The van der Waals surface area contributed by atoms with Gasteiger partial charge in [0.2, 0.25) is 0 Å². The lowest BCUT2D eigenvalue weighted by atomic mass is 10.2. The summed E-state index contributed by atoms with van der Waals surface area (Å²) in [5, 5.41) is 20.3. The topological polar surface area (TPSA) is 95.0 Å². The monoisotopic (exact) mass is 292 g/mol. The average molecular weight is 292 g/mol. The van der Waals surface area contributed by atoms with Crippen molar-refractivity contribution in [3.8, 4) is 0 Å². The third-order valence-electron chi connectivity index (χ3n) is 2.41. The van der Waals surface area contributed by atoms with Crippen molar-refractivity contribution in [2.75, 3.05) is 24.6 Å². The minimum Gasteiger partial charge on any atom is -0.409 e. The molecule has 0 amide bonds. The van der Waals surface area contributed by atoms with Crippen molar-refractivity contribution < 1.29 is 23.5 Å². The van der Waals surface area contributed by atoms with E-state index in [0.29, 0.717) is 5.69 Å². The number of pyridine rings is 1.